The van der Waals surface area contributed by atoms with Crippen molar-refractivity contribution in [2.75, 3.05) is 0 Å². The Kier molecular flexibility index (Phi) is 4.45. The van der Waals surface area contributed by atoms with Gasteiger partial charge in [-0.1, -0.05) is 43.6 Å². The topological polar surface area (TPSA) is 58.2 Å². The summed E-state index contributed by atoms with van der Waals surface area (Å²) < 4.78 is 0. The molecule has 0 radical (unpaired) electrons. The molecule has 1 heterocycles. The summed E-state index contributed by atoms with van der Waals surface area (Å²) in [4.78, 5) is 24.0. The summed E-state index contributed by atoms with van der Waals surface area (Å²) in [5, 5.41) is 5.91. The van der Waals surface area contributed by atoms with Gasteiger partial charge in [0.05, 0.1) is 0 Å². The van der Waals surface area contributed by atoms with Crippen LogP contribution in [0.1, 0.15) is 25.8 Å². The van der Waals surface area contributed by atoms with E-state index in [-0.39, 0.29) is 17.5 Å². The van der Waals surface area contributed by atoms with E-state index in [1.165, 1.54) is 0 Å². The molecule has 2 rings (SSSR count). The predicted octanol–water partition coefficient (Wildman–Crippen LogP) is 2.34. The number of hydrogen-bond acceptors (Lipinski definition) is 2. The minimum absolute atomic E-state index is 0.184. The van der Waals surface area contributed by atoms with Crippen LogP contribution in [0.25, 0.3) is 6.08 Å². The monoisotopic (exact) mass is 292 g/mol. The molecule has 20 heavy (non-hydrogen) atoms. The second kappa shape index (κ2) is 6.09. The number of nitrogens with one attached hydrogen (secondary N) is 2. The lowest BCUT2D eigenvalue weighted by molar-refractivity contribution is -0.131. The Labute approximate surface area is 123 Å². The lowest BCUT2D eigenvalue weighted by atomic mass is 10.0. The quantitative estimate of drug-likeness (QED) is 0.840. The highest BCUT2D eigenvalue weighted by Gasteiger charge is 2.30. The number of amides is 2. The molecule has 4 nitrogen and oxygen atoms in total. The van der Waals surface area contributed by atoms with E-state index in [2.05, 4.69) is 10.6 Å². The Hall–Kier alpha value is -1.81. The maximum Gasteiger partial charge on any atom is 0.268 e. The van der Waals surface area contributed by atoms with E-state index in [0.29, 0.717) is 22.9 Å². The summed E-state index contributed by atoms with van der Waals surface area (Å²) in [5.41, 5.74) is 0.921. The van der Waals surface area contributed by atoms with E-state index in [0.717, 1.165) is 0 Å². The van der Waals surface area contributed by atoms with E-state index in [1.807, 2.05) is 26.0 Å². The number of benzene rings is 1. The van der Waals surface area contributed by atoms with Crippen molar-refractivity contribution in [3.8, 4) is 0 Å². The number of rotatable bonds is 3. The molecule has 0 spiro atoms. The van der Waals surface area contributed by atoms with Crippen LogP contribution in [0.2, 0.25) is 5.02 Å². The lowest BCUT2D eigenvalue weighted by Gasteiger charge is -2.26. The number of carbonyl (C=O) groups excluding carboxylic acids is 2. The molecule has 5 heteroatoms. The maximum absolute atomic E-state index is 12.0. The van der Waals surface area contributed by atoms with Gasteiger partial charge in [-0.05, 0) is 30.0 Å². The van der Waals surface area contributed by atoms with Crippen molar-refractivity contribution in [3.63, 3.8) is 0 Å². The number of hydrogen-bond donors (Lipinski definition) is 2. The average Bonchev–Trinajstić information content (AvgIpc) is 2.37. The van der Waals surface area contributed by atoms with E-state index in [1.54, 1.807) is 18.2 Å². The molecule has 0 aliphatic carbocycles. The van der Waals surface area contributed by atoms with Crippen molar-refractivity contribution in [2.45, 2.75) is 26.3 Å². The van der Waals surface area contributed by atoms with Gasteiger partial charge in [0.15, 0.2) is 0 Å². The van der Waals surface area contributed by atoms with E-state index >= 15 is 0 Å². The van der Waals surface area contributed by atoms with E-state index < -0.39 is 6.04 Å². The van der Waals surface area contributed by atoms with Gasteiger partial charge >= 0.3 is 0 Å². The zero-order valence-electron chi connectivity index (χ0n) is 11.4. The highest BCUT2D eigenvalue weighted by molar-refractivity contribution is 6.32. The highest BCUT2D eigenvalue weighted by Crippen LogP contribution is 2.19. The van der Waals surface area contributed by atoms with Gasteiger partial charge < -0.3 is 10.6 Å². The molecule has 1 aromatic rings. The normalized spacial score (nSPS) is 21.0. The van der Waals surface area contributed by atoms with E-state index in [9.17, 15) is 9.59 Å². The van der Waals surface area contributed by atoms with Crippen LogP contribution in [-0.4, -0.2) is 17.9 Å². The molecule has 1 aromatic carbocycles. The fourth-order valence-corrected chi connectivity index (χ4v) is 2.26. The zero-order chi connectivity index (χ0) is 14.7. The zero-order valence-corrected chi connectivity index (χ0v) is 12.2. The van der Waals surface area contributed by atoms with Gasteiger partial charge in [0.1, 0.15) is 11.7 Å². The Morgan fingerprint density at radius 2 is 2.00 bits per heavy atom. The van der Waals surface area contributed by atoms with Crippen LogP contribution in [0.5, 0.6) is 0 Å². The molecule has 106 valence electrons. The molecule has 1 aliphatic rings. The molecular formula is C15H17ClN2O2. The Bertz CT molecular complexity index is 567. The van der Waals surface area contributed by atoms with Gasteiger partial charge in [-0.15, -0.1) is 0 Å². The maximum atomic E-state index is 12.0. The van der Waals surface area contributed by atoms with Crippen LogP contribution >= 0.6 is 11.6 Å². The number of carbonyl (C=O) groups is 2. The largest absolute Gasteiger partial charge is 0.339 e. The van der Waals surface area contributed by atoms with Crippen molar-refractivity contribution < 1.29 is 9.59 Å². The van der Waals surface area contributed by atoms with Crippen LogP contribution in [0.4, 0.5) is 0 Å². The fourth-order valence-electron chi connectivity index (χ4n) is 2.06. The number of piperazine rings is 1. The van der Waals surface area contributed by atoms with Crippen molar-refractivity contribution in [3.05, 3.63) is 40.5 Å². The summed E-state index contributed by atoms with van der Waals surface area (Å²) in [6.07, 6.45) is 2.21. The first-order valence-electron chi connectivity index (χ1n) is 6.55. The Morgan fingerprint density at radius 1 is 1.30 bits per heavy atom. The Balaban J connectivity index is 2.18. The van der Waals surface area contributed by atoms with Gasteiger partial charge in [-0.25, -0.2) is 0 Å². The Morgan fingerprint density at radius 3 is 2.65 bits per heavy atom. The molecular weight excluding hydrogens is 276 g/mol. The molecule has 1 fully saturated rings. The summed E-state index contributed by atoms with van der Waals surface area (Å²) in [5.74, 6) is -0.132. The van der Waals surface area contributed by atoms with Crippen LogP contribution in [0.3, 0.4) is 0 Å². The van der Waals surface area contributed by atoms with Crippen molar-refractivity contribution >= 4 is 29.5 Å². The second-order valence-electron chi connectivity index (χ2n) is 5.22. The molecule has 0 bridgehead atoms. The highest BCUT2D eigenvalue weighted by atomic mass is 35.5. The SMILES string of the molecule is CC(C)CC1NC(=O)C(=Cc2ccccc2Cl)NC1=O. The van der Waals surface area contributed by atoms with Crippen LogP contribution in [0, 0.1) is 5.92 Å². The minimum Gasteiger partial charge on any atom is -0.339 e. The molecule has 2 N–H and O–H groups in total. The fraction of sp³-hybridized carbons (Fsp3) is 0.333. The molecule has 1 aliphatic heterocycles. The van der Waals surface area contributed by atoms with Gasteiger partial charge in [-0.2, -0.15) is 0 Å². The number of halogens is 1. The first-order valence-corrected chi connectivity index (χ1v) is 6.93. The molecule has 1 atom stereocenters. The van der Waals surface area contributed by atoms with Gasteiger partial charge in [0, 0.05) is 5.02 Å². The van der Waals surface area contributed by atoms with Crippen molar-refractivity contribution in [2.24, 2.45) is 5.92 Å². The minimum atomic E-state index is -0.467. The summed E-state index contributed by atoms with van der Waals surface area (Å²) >= 11 is 6.04. The van der Waals surface area contributed by atoms with Crippen molar-refractivity contribution in [1.82, 2.24) is 10.6 Å². The van der Waals surface area contributed by atoms with Crippen LogP contribution in [0.15, 0.2) is 30.0 Å². The standard InChI is InChI=1S/C15H17ClN2O2/c1-9(2)7-12-14(19)18-13(15(20)17-12)8-10-5-3-4-6-11(10)16/h3-6,8-9,12H,7H2,1-2H3,(H,17,20)(H,18,19). The molecule has 0 saturated carbocycles. The third-order valence-corrected chi connectivity index (χ3v) is 3.38. The van der Waals surface area contributed by atoms with Crippen LogP contribution < -0.4 is 10.6 Å². The second-order valence-corrected chi connectivity index (χ2v) is 5.63. The van der Waals surface area contributed by atoms with Crippen molar-refractivity contribution in [1.29, 1.82) is 0 Å². The third-order valence-electron chi connectivity index (χ3n) is 3.04. The third kappa shape index (κ3) is 3.39. The van der Waals surface area contributed by atoms with Crippen LogP contribution in [-0.2, 0) is 9.59 Å². The first-order chi connectivity index (χ1) is 9.47. The molecule has 0 aromatic heterocycles. The first kappa shape index (κ1) is 14.6. The van der Waals surface area contributed by atoms with E-state index in [4.69, 9.17) is 11.6 Å². The molecule has 1 unspecified atom stereocenters. The predicted molar refractivity (Wildman–Crippen MR) is 79.0 cm³/mol. The lowest BCUT2D eigenvalue weighted by Crippen LogP contribution is -2.55. The van der Waals surface area contributed by atoms with Gasteiger partial charge in [0.2, 0.25) is 5.91 Å². The molecule has 2 amide bonds. The summed E-state index contributed by atoms with van der Waals surface area (Å²) in [6.45, 7) is 4.02. The van der Waals surface area contributed by atoms with Gasteiger partial charge in [-0.3, -0.25) is 9.59 Å². The summed E-state index contributed by atoms with van der Waals surface area (Å²) in [6, 6.07) is 6.68. The molecule has 1 saturated heterocycles. The summed E-state index contributed by atoms with van der Waals surface area (Å²) in [7, 11) is 0. The average molecular weight is 293 g/mol. The van der Waals surface area contributed by atoms with Gasteiger partial charge in [0.25, 0.3) is 5.91 Å². The smallest absolute Gasteiger partial charge is 0.268 e.